The number of hydrogen-bond acceptors (Lipinski definition) is 5. The van der Waals surface area contributed by atoms with Gasteiger partial charge in [-0.15, -0.1) is 0 Å². The summed E-state index contributed by atoms with van der Waals surface area (Å²) >= 11 is 0. The van der Waals surface area contributed by atoms with E-state index in [-0.39, 0.29) is 18.2 Å². The second-order valence-corrected chi connectivity index (χ2v) is 8.19. The number of aromatic nitrogens is 1. The summed E-state index contributed by atoms with van der Waals surface area (Å²) in [6.45, 7) is 1.18. The molecule has 8 heteroatoms. The third-order valence-electron chi connectivity index (χ3n) is 4.43. The van der Waals surface area contributed by atoms with Gasteiger partial charge in [-0.1, -0.05) is 6.07 Å². The van der Waals surface area contributed by atoms with Crippen molar-refractivity contribution in [2.75, 3.05) is 27.2 Å². The highest BCUT2D eigenvalue weighted by Crippen LogP contribution is 2.34. The molecule has 1 aliphatic carbocycles. The molecule has 2 heterocycles. The van der Waals surface area contributed by atoms with Crippen molar-refractivity contribution in [3.63, 3.8) is 0 Å². The van der Waals surface area contributed by atoms with Crippen molar-refractivity contribution >= 4 is 10.2 Å². The van der Waals surface area contributed by atoms with Crippen LogP contribution in [0.1, 0.15) is 18.4 Å². The minimum Gasteiger partial charge on any atom is -0.374 e. The molecule has 3 unspecified atom stereocenters. The Bertz CT molecular complexity index is 623. The van der Waals surface area contributed by atoms with Crippen molar-refractivity contribution in [1.82, 2.24) is 13.6 Å². The molecule has 23 heavy (non-hydrogen) atoms. The van der Waals surface area contributed by atoms with Gasteiger partial charge in [-0.2, -0.15) is 17.0 Å². The van der Waals surface area contributed by atoms with E-state index in [1.807, 2.05) is 12.1 Å². The smallest absolute Gasteiger partial charge is 0.281 e. The SMILES string of the molecule is CN(C)S(=O)(=O)N1CCOC2CCC1C2OCc1cccnc1. The zero-order chi connectivity index (χ0) is 16.4. The van der Waals surface area contributed by atoms with Gasteiger partial charge in [0.25, 0.3) is 10.2 Å². The molecule has 1 saturated carbocycles. The molecule has 1 aromatic heterocycles. The lowest BCUT2D eigenvalue weighted by Crippen LogP contribution is -2.50. The van der Waals surface area contributed by atoms with E-state index in [1.54, 1.807) is 26.5 Å². The van der Waals surface area contributed by atoms with Crippen LogP contribution in [0.4, 0.5) is 0 Å². The number of fused-ring (bicyclic) bond motifs is 2. The average molecular weight is 341 g/mol. The summed E-state index contributed by atoms with van der Waals surface area (Å²) in [5, 5.41) is 0. The summed E-state index contributed by atoms with van der Waals surface area (Å²) in [6, 6.07) is 3.63. The molecule has 2 bridgehead atoms. The van der Waals surface area contributed by atoms with Crippen LogP contribution in [0.25, 0.3) is 0 Å². The normalized spacial score (nSPS) is 28.9. The number of hydrogen-bond donors (Lipinski definition) is 0. The molecule has 1 aliphatic heterocycles. The van der Waals surface area contributed by atoms with Gasteiger partial charge in [-0.3, -0.25) is 4.98 Å². The topological polar surface area (TPSA) is 72.0 Å². The molecule has 3 rings (SSSR count). The summed E-state index contributed by atoms with van der Waals surface area (Å²) < 4.78 is 39.8. The van der Waals surface area contributed by atoms with Gasteiger partial charge >= 0.3 is 0 Å². The number of pyridine rings is 1. The summed E-state index contributed by atoms with van der Waals surface area (Å²) in [6.07, 6.45) is 4.77. The second kappa shape index (κ2) is 6.82. The summed E-state index contributed by atoms with van der Waals surface area (Å²) in [7, 11) is -0.370. The van der Waals surface area contributed by atoms with Gasteiger partial charge in [0.1, 0.15) is 6.10 Å². The molecule has 2 aliphatic rings. The van der Waals surface area contributed by atoms with Crippen LogP contribution in [0.3, 0.4) is 0 Å². The minimum absolute atomic E-state index is 0.0426. The molecule has 128 valence electrons. The fourth-order valence-electron chi connectivity index (χ4n) is 3.25. The first-order chi connectivity index (χ1) is 11.0. The maximum atomic E-state index is 12.6. The molecule has 0 amide bonds. The molecule has 0 spiro atoms. The van der Waals surface area contributed by atoms with Crippen LogP contribution in [0, 0.1) is 0 Å². The lowest BCUT2D eigenvalue weighted by molar-refractivity contribution is -0.0584. The zero-order valence-electron chi connectivity index (χ0n) is 13.5. The first-order valence-electron chi connectivity index (χ1n) is 7.81. The Morgan fingerprint density at radius 3 is 2.96 bits per heavy atom. The van der Waals surface area contributed by atoms with Crippen molar-refractivity contribution in [1.29, 1.82) is 0 Å². The Balaban J connectivity index is 1.77. The third-order valence-corrected chi connectivity index (χ3v) is 6.40. The van der Waals surface area contributed by atoms with Gasteiger partial charge < -0.3 is 9.47 Å². The van der Waals surface area contributed by atoms with E-state index < -0.39 is 10.2 Å². The Morgan fingerprint density at radius 1 is 1.43 bits per heavy atom. The van der Waals surface area contributed by atoms with Crippen LogP contribution in [0.15, 0.2) is 24.5 Å². The van der Waals surface area contributed by atoms with Gasteiger partial charge in [0.15, 0.2) is 0 Å². The highest BCUT2D eigenvalue weighted by molar-refractivity contribution is 7.86. The molecule has 0 N–H and O–H groups in total. The first-order valence-corrected chi connectivity index (χ1v) is 9.21. The van der Waals surface area contributed by atoms with Crippen LogP contribution in [-0.4, -0.2) is 67.5 Å². The highest BCUT2D eigenvalue weighted by atomic mass is 32.2. The van der Waals surface area contributed by atoms with Crippen molar-refractivity contribution < 1.29 is 17.9 Å². The lowest BCUT2D eigenvalue weighted by Gasteiger charge is -2.32. The molecule has 0 radical (unpaired) electrons. The van der Waals surface area contributed by atoms with Crippen molar-refractivity contribution in [2.45, 2.75) is 37.7 Å². The monoisotopic (exact) mass is 341 g/mol. The van der Waals surface area contributed by atoms with Crippen LogP contribution in [0.2, 0.25) is 0 Å². The maximum absolute atomic E-state index is 12.6. The van der Waals surface area contributed by atoms with E-state index in [4.69, 9.17) is 9.47 Å². The van der Waals surface area contributed by atoms with E-state index in [0.717, 1.165) is 18.4 Å². The summed E-state index contributed by atoms with van der Waals surface area (Å²) in [5.41, 5.74) is 0.971. The predicted molar refractivity (Wildman–Crippen MR) is 84.9 cm³/mol. The van der Waals surface area contributed by atoms with E-state index >= 15 is 0 Å². The van der Waals surface area contributed by atoms with Crippen molar-refractivity contribution in [2.24, 2.45) is 0 Å². The Kier molecular flexibility index (Phi) is 4.98. The fraction of sp³-hybridized carbons (Fsp3) is 0.667. The molecule has 3 atom stereocenters. The number of rotatable bonds is 5. The zero-order valence-corrected chi connectivity index (χ0v) is 14.3. The van der Waals surface area contributed by atoms with Gasteiger partial charge in [0.2, 0.25) is 0 Å². The fourth-order valence-corrected chi connectivity index (χ4v) is 4.54. The molecule has 0 aromatic carbocycles. The van der Waals surface area contributed by atoms with Gasteiger partial charge in [-0.05, 0) is 24.5 Å². The van der Waals surface area contributed by atoms with Crippen molar-refractivity contribution in [3.8, 4) is 0 Å². The molecule has 1 aromatic rings. The number of nitrogens with zero attached hydrogens (tertiary/aromatic N) is 3. The molecular weight excluding hydrogens is 318 g/mol. The Labute approximate surface area is 137 Å². The van der Waals surface area contributed by atoms with Gasteiger partial charge in [0.05, 0.1) is 25.4 Å². The second-order valence-electron chi connectivity index (χ2n) is 6.09. The largest absolute Gasteiger partial charge is 0.374 e. The molecule has 7 nitrogen and oxygen atoms in total. The maximum Gasteiger partial charge on any atom is 0.281 e. The van der Waals surface area contributed by atoms with Crippen LogP contribution >= 0.6 is 0 Å². The standard InChI is InChI=1S/C15H23N3O4S/c1-17(2)23(19,20)18-8-9-21-14-6-5-13(18)15(14)22-11-12-4-3-7-16-10-12/h3-4,7,10,13-15H,5-6,8-9,11H2,1-2H3. The third kappa shape index (κ3) is 3.41. The van der Waals surface area contributed by atoms with Crippen LogP contribution in [0.5, 0.6) is 0 Å². The first kappa shape index (κ1) is 16.8. The van der Waals surface area contributed by atoms with E-state index in [9.17, 15) is 8.42 Å². The molecule has 2 fully saturated rings. The molecule has 1 saturated heterocycles. The van der Waals surface area contributed by atoms with Gasteiger partial charge in [0, 0.05) is 33.0 Å². The van der Waals surface area contributed by atoms with Crippen LogP contribution < -0.4 is 0 Å². The van der Waals surface area contributed by atoms with E-state index in [1.165, 1.54) is 8.61 Å². The number of ether oxygens (including phenoxy) is 2. The Morgan fingerprint density at radius 2 is 2.26 bits per heavy atom. The van der Waals surface area contributed by atoms with Crippen LogP contribution in [-0.2, 0) is 26.3 Å². The van der Waals surface area contributed by atoms with E-state index in [0.29, 0.717) is 19.8 Å². The lowest BCUT2D eigenvalue weighted by atomic mass is 10.2. The highest BCUT2D eigenvalue weighted by Gasteiger charge is 2.47. The van der Waals surface area contributed by atoms with Gasteiger partial charge in [-0.25, -0.2) is 0 Å². The minimum atomic E-state index is -3.48. The summed E-state index contributed by atoms with van der Waals surface area (Å²) in [5.74, 6) is 0. The predicted octanol–water partition coefficient (Wildman–Crippen LogP) is 0.636. The molecular formula is C15H23N3O4S. The quantitative estimate of drug-likeness (QED) is 0.786. The van der Waals surface area contributed by atoms with E-state index in [2.05, 4.69) is 4.98 Å². The van der Waals surface area contributed by atoms with Crippen molar-refractivity contribution in [3.05, 3.63) is 30.1 Å². The summed E-state index contributed by atoms with van der Waals surface area (Å²) in [4.78, 5) is 4.07. The Hall–Kier alpha value is -1.06. The average Bonchev–Trinajstić information content (AvgIpc) is 2.80.